The van der Waals surface area contributed by atoms with Crippen LogP contribution in [-0.2, 0) is 9.84 Å². The lowest BCUT2D eigenvalue weighted by Crippen LogP contribution is -2.40. The molecule has 0 unspecified atom stereocenters. The van der Waals surface area contributed by atoms with Crippen LogP contribution in [0.2, 0.25) is 0 Å². The maximum Gasteiger partial charge on any atom is 0.253 e. The molecule has 0 bridgehead atoms. The van der Waals surface area contributed by atoms with Crippen LogP contribution in [0.25, 0.3) is 0 Å². The number of carbonyl (C=O) groups is 1. The van der Waals surface area contributed by atoms with Crippen molar-refractivity contribution in [3.63, 3.8) is 0 Å². The number of likely N-dealkylation sites (tertiary alicyclic amines) is 1. The molecule has 0 atom stereocenters. The summed E-state index contributed by atoms with van der Waals surface area (Å²) in [6, 6.07) is 6.34. The second-order valence-corrected chi connectivity index (χ2v) is 9.17. The summed E-state index contributed by atoms with van der Waals surface area (Å²) in [7, 11) is -3.29. The molecule has 1 aromatic rings. The van der Waals surface area contributed by atoms with E-state index in [9.17, 15) is 13.2 Å². The Kier molecular flexibility index (Phi) is 8.38. The van der Waals surface area contributed by atoms with Crippen LogP contribution in [0.15, 0.2) is 29.2 Å². The molecular weight excluding hydrogens is 360 g/mol. The van der Waals surface area contributed by atoms with Crippen molar-refractivity contribution >= 4 is 28.2 Å². The molecule has 1 aliphatic rings. The summed E-state index contributed by atoms with van der Waals surface area (Å²) in [5.41, 5.74) is 0.558. The Morgan fingerprint density at radius 1 is 1.20 bits per heavy atom. The lowest BCUT2D eigenvalue weighted by Gasteiger charge is -2.32. The zero-order valence-electron chi connectivity index (χ0n) is 15.2. The number of nitrogens with zero attached hydrogens (tertiary/aromatic N) is 1. The van der Waals surface area contributed by atoms with E-state index >= 15 is 0 Å². The summed E-state index contributed by atoms with van der Waals surface area (Å²) >= 11 is 0. The number of hydrogen-bond acceptors (Lipinski definition) is 4. The first-order chi connectivity index (χ1) is 11.4. The van der Waals surface area contributed by atoms with Gasteiger partial charge >= 0.3 is 0 Å². The van der Waals surface area contributed by atoms with Crippen LogP contribution in [0, 0.1) is 5.92 Å². The normalized spacial score (nSPS) is 15.9. The van der Waals surface area contributed by atoms with Gasteiger partial charge in [0.05, 0.1) is 10.1 Å². The summed E-state index contributed by atoms with van der Waals surface area (Å²) in [6.45, 7) is 8.94. The van der Waals surface area contributed by atoms with Gasteiger partial charge in [0.15, 0.2) is 9.84 Å². The van der Waals surface area contributed by atoms with Crippen LogP contribution in [0.3, 0.4) is 0 Å². The Morgan fingerprint density at radius 2 is 1.76 bits per heavy atom. The van der Waals surface area contributed by atoms with Gasteiger partial charge in [-0.2, -0.15) is 0 Å². The van der Waals surface area contributed by atoms with E-state index in [-0.39, 0.29) is 23.2 Å². The average molecular weight is 389 g/mol. The lowest BCUT2D eigenvalue weighted by molar-refractivity contribution is 0.0690. The van der Waals surface area contributed by atoms with Gasteiger partial charge in [-0.25, -0.2) is 8.42 Å². The first-order valence-electron chi connectivity index (χ1n) is 8.70. The van der Waals surface area contributed by atoms with Gasteiger partial charge < -0.3 is 10.2 Å². The van der Waals surface area contributed by atoms with E-state index in [0.717, 1.165) is 39.0 Å². The van der Waals surface area contributed by atoms with Crippen LogP contribution in [0.4, 0.5) is 0 Å². The Bertz CT molecular complexity index is 651. The maximum absolute atomic E-state index is 12.6. The largest absolute Gasteiger partial charge is 0.339 e. The van der Waals surface area contributed by atoms with E-state index < -0.39 is 15.1 Å². The fourth-order valence-corrected chi connectivity index (χ4v) is 3.99. The third-order valence-corrected chi connectivity index (χ3v) is 6.81. The molecule has 1 N–H and O–H groups in total. The van der Waals surface area contributed by atoms with Gasteiger partial charge in [-0.3, -0.25) is 4.79 Å². The zero-order chi connectivity index (χ0) is 17.7. The number of sulfone groups is 1. The molecule has 25 heavy (non-hydrogen) atoms. The SMILES string of the molecule is CCNCC1CCN(C(=O)c2ccc(S(=O)(=O)C(C)C)cc2)CC1.Cl. The molecule has 0 aromatic heterocycles. The molecular formula is C18H29ClN2O3S. The van der Waals surface area contributed by atoms with Crippen molar-refractivity contribution in [2.45, 2.75) is 43.8 Å². The number of halogens is 1. The predicted octanol–water partition coefficient (Wildman–Crippen LogP) is 2.75. The van der Waals surface area contributed by atoms with Gasteiger partial charge in [-0.1, -0.05) is 6.92 Å². The van der Waals surface area contributed by atoms with Crippen molar-refractivity contribution in [1.82, 2.24) is 10.2 Å². The van der Waals surface area contributed by atoms with Crippen LogP contribution < -0.4 is 5.32 Å². The lowest BCUT2D eigenvalue weighted by atomic mass is 9.96. The number of benzene rings is 1. The minimum atomic E-state index is -3.29. The van der Waals surface area contributed by atoms with Crippen molar-refractivity contribution in [3.05, 3.63) is 29.8 Å². The summed E-state index contributed by atoms with van der Waals surface area (Å²) in [6.07, 6.45) is 2.02. The highest BCUT2D eigenvalue weighted by Crippen LogP contribution is 2.20. The van der Waals surface area contributed by atoms with Crippen LogP contribution in [-0.4, -0.2) is 50.7 Å². The summed E-state index contributed by atoms with van der Waals surface area (Å²) in [4.78, 5) is 14.7. The zero-order valence-corrected chi connectivity index (χ0v) is 16.8. The first kappa shape index (κ1) is 21.9. The molecule has 0 aliphatic carbocycles. The van der Waals surface area contributed by atoms with Gasteiger partial charge in [0, 0.05) is 18.7 Å². The summed E-state index contributed by atoms with van der Waals surface area (Å²) < 4.78 is 24.3. The Balaban J connectivity index is 0.00000312. The highest BCUT2D eigenvalue weighted by atomic mass is 35.5. The highest BCUT2D eigenvalue weighted by molar-refractivity contribution is 7.92. The van der Waals surface area contributed by atoms with Crippen molar-refractivity contribution in [2.24, 2.45) is 5.92 Å². The molecule has 142 valence electrons. The van der Waals surface area contributed by atoms with Crippen LogP contribution in [0.1, 0.15) is 44.0 Å². The van der Waals surface area contributed by atoms with Crippen molar-refractivity contribution in [1.29, 1.82) is 0 Å². The fourth-order valence-electron chi connectivity index (χ4n) is 2.93. The number of amides is 1. The third kappa shape index (κ3) is 5.43. The summed E-state index contributed by atoms with van der Waals surface area (Å²) in [5, 5.41) is 2.90. The number of nitrogens with one attached hydrogen (secondary N) is 1. The average Bonchev–Trinajstić information content (AvgIpc) is 2.59. The molecule has 0 radical (unpaired) electrons. The molecule has 1 aromatic carbocycles. The molecule has 1 amide bonds. The second kappa shape index (κ2) is 9.55. The number of carbonyl (C=O) groups excluding carboxylic acids is 1. The van der Waals surface area contributed by atoms with E-state index in [4.69, 9.17) is 0 Å². The molecule has 1 saturated heterocycles. The topological polar surface area (TPSA) is 66.5 Å². The molecule has 7 heteroatoms. The molecule has 0 saturated carbocycles. The smallest absolute Gasteiger partial charge is 0.253 e. The highest BCUT2D eigenvalue weighted by Gasteiger charge is 2.24. The van der Waals surface area contributed by atoms with Gasteiger partial charge in [0.25, 0.3) is 5.91 Å². The molecule has 2 rings (SSSR count). The fraction of sp³-hybridized carbons (Fsp3) is 0.611. The number of rotatable bonds is 6. The molecule has 1 heterocycles. The van der Waals surface area contributed by atoms with E-state index in [0.29, 0.717) is 11.5 Å². The van der Waals surface area contributed by atoms with E-state index in [1.54, 1.807) is 38.1 Å². The molecule has 1 fully saturated rings. The van der Waals surface area contributed by atoms with Crippen LogP contribution >= 0.6 is 12.4 Å². The second-order valence-electron chi connectivity index (χ2n) is 6.66. The van der Waals surface area contributed by atoms with Crippen molar-refractivity contribution < 1.29 is 13.2 Å². The standard InChI is InChI=1S/C18H28N2O3S.ClH/c1-4-19-13-15-9-11-20(12-10-15)18(21)16-5-7-17(8-6-16)24(22,23)14(2)3;/h5-8,14-15,19H,4,9-13H2,1-3H3;1H. The first-order valence-corrected chi connectivity index (χ1v) is 10.2. The minimum absolute atomic E-state index is 0. The predicted molar refractivity (Wildman–Crippen MR) is 103 cm³/mol. The minimum Gasteiger partial charge on any atom is -0.339 e. The number of piperidine rings is 1. The third-order valence-electron chi connectivity index (χ3n) is 4.64. The maximum atomic E-state index is 12.6. The van der Waals surface area contributed by atoms with Gasteiger partial charge in [0.1, 0.15) is 0 Å². The van der Waals surface area contributed by atoms with Crippen molar-refractivity contribution in [3.8, 4) is 0 Å². The van der Waals surface area contributed by atoms with Crippen molar-refractivity contribution in [2.75, 3.05) is 26.2 Å². The van der Waals surface area contributed by atoms with Gasteiger partial charge in [0.2, 0.25) is 0 Å². The Morgan fingerprint density at radius 3 is 2.24 bits per heavy atom. The van der Waals surface area contributed by atoms with E-state index in [2.05, 4.69) is 12.2 Å². The van der Waals surface area contributed by atoms with E-state index in [1.165, 1.54) is 0 Å². The molecule has 5 nitrogen and oxygen atoms in total. The Labute approximate surface area is 157 Å². The quantitative estimate of drug-likeness (QED) is 0.813. The van der Waals surface area contributed by atoms with Crippen LogP contribution in [0.5, 0.6) is 0 Å². The molecule has 1 aliphatic heterocycles. The molecule has 0 spiro atoms. The number of hydrogen-bond donors (Lipinski definition) is 1. The Hall–Kier alpha value is -1.11. The van der Waals surface area contributed by atoms with E-state index in [1.807, 2.05) is 4.90 Å². The van der Waals surface area contributed by atoms with Gasteiger partial charge in [-0.05, 0) is 70.0 Å². The van der Waals surface area contributed by atoms with Gasteiger partial charge in [-0.15, -0.1) is 12.4 Å². The summed E-state index contributed by atoms with van der Waals surface area (Å²) in [5.74, 6) is 0.623. The monoisotopic (exact) mass is 388 g/mol.